The summed E-state index contributed by atoms with van der Waals surface area (Å²) in [4.78, 5) is 0.262. The van der Waals surface area contributed by atoms with Gasteiger partial charge in [-0.2, -0.15) is 11.8 Å². The minimum Gasteiger partial charge on any atom is -0.396 e. The molecule has 1 rings (SSSR count). The van der Waals surface area contributed by atoms with Crippen LogP contribution in [0.5, 0.6) is 0 Å². The van der Waals surface area contributed by atoms with Crippen LogP contribution < -0.4 is 10.0 Å². The van der Waals surface area contributed by atoms with E-state index in [9.17, 15) is 8.42 Å². The summed E-state index contributed by atoms with van der Waals surface area (Å²) in [5.41, 5.74) is 0.901. The van der Waals surface area contributed by atoms with Gasteiger partial charge in [-0.15, -0.1) is 0 Å². The summed E-state index contributed by atoms with van der Waals surface area (Å²) in [7, 11) is -1.96. The molecular formula is C12H20N2O3S2. The number of benzene rings is 1. The summed E-state index contributed by atoms with van der Waals surface area (Å²) in [6.45, 7) is 1.05. The predicted molar refractivity (Wildman–Crippen MR) is 80.2 cm³/mol. The fraction of sp³-hybridized carbons (Fsp3) is 0.500. The van der Waals surface area contributed by atoms with Crippen molar-refractivity contribution in [1.29, 1.82) is 0 Å². The largest absolute Gasteiger partial charge is 0.396 e. The van der Waals surface area contributed by atoms with Crippen LogP contribution >= 0.6 is 11.8 Å². The van der Waals surface area contributed by atoms with E-state index in [0.29, 0.717) is 0 Å². The standard InChI is InChI=1S/C12H20N2O3S2/c1-13-19(16,17)12-5-3-11(4-6-12)14-7-10-18-9-2-8-15/h3-6,13-15H,2,7-10H2,1H3. The first-order valence-electron chi connectivity index (χ1n) is 6.06. The van der Waals surface area contributed by atoms with Crippen molar-refractivity contribution in [3.8, 4) is 0 Å². The highest BCUT2D eigenvalue weighted by Gasteiger charge is 2.09. The third-order valence-electron chi connectivity index (χ3n) is 2.46. The van der Waals surface area contributed by atoms with Crippen LogP contribution in [-0.4, -0.2) is 45.2 Å². The van der Waals surface area contributed by atoms with E-state index in [1.165, 1.54) is 7.05 Å². The average Bonchev–Trinajstić information content (AvgIpc) is 2.43. The van der Waals surface area contributed by atoms with Crippen LogP contribution in [0.25, 0.3) is 0 Å². The lowest BCUT2D eigenvalue weighted by atomic mass is 10.3. The molecule has 0 amide bonds. The molecule has 0 bridgehead atoms. The van der Waals surface area contributed by atoms with Crippen LogP contribution in [0.15, 0.2) is 29.2 Å². The van der Waals surface area contributed by atoms with Crippen molar-refractivity contribution < 1.29 is 13.5 Å². The fourth-order valence-corrected chi connectivity index (χ4v) is 2.92. The number of anilines is 1. The normalized spacial score (nSPS) is 11.5. The second kappa shape index (κ2) is 8.42. The van der Waals surface area contributed by atoms with Crippen molar-refractivity contribution in [1.82, 2.24) is 4.72 Å². The van der Waals surface area contributed by atoms with E-state index in [4.69, 9.17) is 5.11 Å². The third-order valence-corrected chi connectivity index (χ3v) is 4.96. The second-order valence-electron chi connectivity index (χ2n) is 3.85. The quantitative estimate of drug-likeness (QED) is 0.596. The monoisotopic (exact) mass is 304 g/mol. The molecule has 0 radical (unpaired) electrons. The maximum atomic E-state index is 11.5. The van der Waals surface area contributed by atoms with Gasteiger partial charge >= 0.3 is 0 Å². The maximum Gasteiger partial charge on any atom is 0.240 e. The van der Waals surface area contributed by atoms with Crippen LogP contribution in [0.3, 0.4) is 0 Å². The Labute approximate surface area is 118 Å². The van der Waals surface area contributed by atoms with E-state index >= 15 is 0 Å². The molecule has 0 aliphatic rings. The predicted octanol–water partition coefficient (Wildman–Crippen LogP) is 1.12. The molecule has 108 valence electrons. The molecule has 0 heterocycles. The molecule has 0 aliphatic heterocycles. The fourth-order valence-electron chi connectivity index (χ4n) is 1.41. The number of hydrogen-bond acceptors (Lipinski definition) is 5. The van der Waals surface area contributed by atoms with Gasteiger partial charge in [0.2, 0.25) is 10.0 Å². The van der Waals surface area contributed by atoms with Crippen molar-refractivity contribution in [3.05, 3.63) is 24.3 Å². The van der Waals surface area contributed by atoms with E-state index in [1.54, 1.807) is 36.0 Å². The van der Waals surface area contributed by atoms with Gasteiger partial charge in [-0.05, 0) is 43.5 Å². The second-order valence-corrected chi connectivity index (χ2v) is 6.96. The third kappa shape index (κ3) is 5.82. The SMILES string of the molecule is CNS(=O)(=O)c1ccc(NCCSCCCO)cc1. The van der Waals surface area contributed by atoms with Gasteiger partial charge in [0.05, 0.1) is 4.90 Å². The molecule has 0 atom stereocenters. The van der Waals surface area contributed by atoms with E-state index in [0.717, 1.165) is 30.2 Å². The molecule has 0 saturated heterocycles. The molecule has 19 heavy (non-hydrogen) atoms. The van der Waals surface area contributed by atoms with Gasteiger partial charge < -0.3 is 10.4 Å². The van der Waals surface area contributed by atoms with Gasteiger partial charge in [-0.25, -0.2) is 13.1 Å². The van der Waals surface area contributed by atoms with Crippen LogP contribution in [0.2, 0.25) is 0 Å². The smallest absolute Gasteiger partial charge is 0.240 e. The Morgan fingerprint density at radius 1 is 1.21 bits per heavy atom. The molecule has 0 aromatic heterocycles. The lowest BCUT2D eigenvalue weighted by Crippen LogP contribution is -2.18. The Kier molecular flexibility index (Phi) is 7.22. The lowest BCUT2D eigenvalue weighted by Gasteiger charge is -2.07. The topological polar surface area (TPSA) is 78.4 Å². The average molecular weight is 304 g/mol. The number of rotatable bonds is 9. The molecular weight excluding hydrogens is 284 g/mol. The van der Waals surface area contributed by atoms with Crippen molar-refractivity contribution in [2.24, 2.45) is 0 Å². The first kappa shape index (κ1) is 16.3. The van der Waals surface area contributed by atoms with E-state index in [2.05, 4.69) is 10.0 Å². The Hall–Kier alpha value is -0.760. The number of aliphatic hydroxyl groups is 1. The summed E-state index contributed by atoms with van der Waals surface area (Å²) in [5, 5.41) is 11.8. The van der Waals surface area contributed by atoms with Crippen molar-refractivity contribution in [2.45, 2.75) is 11.3 Å². The Bertz CT molecular complexity index is 460. The number of sulfonamides is 1. The van der Waals surface area contributed by atoms with Gasteiger partial charge in [0.1, 0.15) is 0 Å². The molecule has 3 N–H and O–H groups in total. The first-order chi connectivity index (χ1) is 9.10. The van der Waals surface area contributed by atoms with Gasteiger partial charge in [-0.1, -0.05) is 0 Å². The summed E-state index contributed by atoms with van der Waals surface area (Å²) in [5.74, 6) is 1.91. The van der Waals surface area contributed by atoms with Crippen LogP contribution in [0.1, 0.15) is 6.42 Å². The number of aliphatic hydroxyl groups excluding tert-OH is 1. The van der Waals surface area contributed by atoms with Gasteiger partial charge in [-0.3, -0.25) is 0 Å². The molecule has 0 fully saturated rings. The highest BCUT2D eigenvalue weighted by molar-refractivity contribution is 7.99. The number of thioether (sulfide) groups is 1. The zero-order chi connectivity index (χ0) is 14.1. The van der Waals surface area contributed by atoms with Crippen molar-refractivity contribution >= 4 is 27.5 Å². The molecule has 0 saturated carbocycles. The molecule has 5 nitrogen and oxygen atoms in total. The zero-order valence-corrected chi connectivity index (χ0v) is 12.6. The Morgan fingerprint density at radius 2 is 1.89 bits per heavy atom. The summed E-state index contributed by atoms with van der Waals surface area (Å²) in [6.07, 6.45) is 0.821. The minimum absolute atomic E-state index is 0.238. The minimum atomic E-state index is -3.36. The Balaban J connectivity index is 2.37. The van der Waals surface area contributed by atoms with Crippen LogP contribution in [-0.2, 0) is 10.0 Å². The van der Waals surface area contributed by atoms with E-state index < -0.39 is 10.0 Å². The highest BCUT2D eigenvalue weighted by Crippen LogP contribution is 2.13. The van der Waals surface area contributed by atoms with Crippen molar-refractivity contribution in [2.75, 3.05) is 37.0 Å². The summed E-state index contributed by atoms with van der Waals surface area (Å²) < 4.78 is 25.3. The lowest BCUT2D eigenvalue weighted by molar-refractivity contribution is 0.296. The maximum absolute atomic E-state index is 11.5. The summed E-state index contributed by atoms with van der Waals surface area (Å²) in [6, 6.07) is 6.66. The van der Waals surface area contributed by atoms with Gasteiger partial charge in [0.25, 0.3) is 0 Å². The Morgan fingerprint density at radius 3 is 2.47 bits per heavy atom. The van der Waals surface area contributed by atoms with Crippen LogP contribution in [0.4, 0.5) is 5.69 Å². The molecule has 0 unspecified atom stereocenters. The van der Waals surface area contributed by atoms with E-state index in [1.807, 2.05) is 0 Å². The van der Waals surface area contributed by atoms with Gasteiger partial charge in [0, 0.05) is 24.6 Å². The van der Waals surface area contributed by atoms with E-state index in [-0.39, 0.29) is 11.5 Å². The number of nitrogens with one attached hydrogen (secondary N) is 2. The number of hydrogen-bond donors (Lipinski definition) is 3. The molecule has 0 aliphatic carbocycles. The highest BCUT2D eigenvalue weighted by atomic mass is 32.2. The zero-order valence-electron chi connectivity index (χ0n) is 10.9. The summed E-state index contributed by atoms with van der Waals surface area (Å²) >= 11 is 1.78. The first-order valence-corrected chi connectivity index (χ1v) is 8.70. The van der Waals surface area contributed by atoms with Gasteiger partial charge in [0.15, 0.2) is 0 Å². The molecule has 1 aromatic rings. The molecule has 0 spiro atoms. The molecule has 1 aromatic carbocycles. The van der Waals surface area contributed by atoms with Crippen molar-refractivity contribution in [3.63, 3.8) is 0 Å². The van der Waals surface area contributed by atoms with Crippen LogP contribution in [0, 0.1) is 0 Å². The molecule has 7 heteroatoms.